The Balaban J connectivity index is 1.72. The SMILES string of the molecule is Cc1cc(C(=O)N[C@H](C(=O)N[C@@H](CC2CCN(C(=O)/C(C#N)=C/C(C)C)CC2)C(=O)NCc2ccccc2Cl)[C@@H](C)O)on1. The number of benzene rings is 1. The Morgan fingerprint density at radius 1 is 1.16 bits per heavy atom. The summed E-state index contributed by atoms with van der Waals surface area (Å²) in [7, 11) is 0. The number of aliphatic hydroxyl groups is 1. The summed E-state index contributed by atoms with van der Waals surface area (Å²) in [6.45, 7) is 7.68. The lowest BCUT2D eigenvalue weighted by molar-refractivity contribution is -0.132. The Morgan fingerprint density at radius 3 is 2.41 bits per heavy atom. The average Bonchev–Trinajstić information content (AvgIpc) is 3.43. The number of nitrogens with zero attached hydrogens (tertiary/aromatic N) is 3. The quantitative estimate of drug-likeness (QED) is 0.205. The maximum Gasteiger partial charge on any atom is 0.290 e. The first-order valence-corrected chi connectivity index (χ1v) is 14.9. The number of halogens is 1. The molecule has 1 fully saturated rings. The Labute approximate surface area is 261 Å². The summed E-state index contributed by atoms with van der Waals surface area (Å²) >= 11 is 6.25. The summed E-state index contributed by atoms with van der Waals surface area (Å²) in [6, 6.07) is 8.03. The molecule has 1 aromatic carbocycles. The topological polar surface area (TPSA) is 178 Å². The molecule has 3 atom stereocenters. The molecule has 3 rings (SSSR count). The highest BCUT2D eigenvalue weighted by Gasteiger charge is 2.33. The molecule has 2 aromatic rings. The molecule has 0 bridgehead atoms. The van der Waals surface area contributed by atoms with Gasteiger partial charge in [-0.05, 0) is 56.6 Å². The minimum atomic E-state index is -1.39. The van der Waals surface area contributed by atoms with Crippen LogP contribution in [-0.4, -0.2) is 70.1 Å². The van der Waals surface area contributed by atoms with Crippen molar-refractivity contribution in [3.05, 3.63) is 64.0 Å². The van der Waals surface area contributed by atoms with Crippen LogP contribution in [0.2, 0.25) is 5.02 Å². The molecule has 1 aliphatic heterocycles. The maximum absolute atomic E-state index is 13.4. The number of carbonyl (C=O) groups is 4. The van der Waals surface area contributed by atoms with E-state index in [0.717, 1.165) is 0 Å². The first-order valence-electron chi connectivity index (χ1n) is 14.5. The lowest BCUT2D eigenvalue weighted by Gasteiger charge is -2.34. The summed E-state index contributed by atoms with van der Waals surface area (Å²) in [4.78, 5) is 53.9. The number of nitrogens with one attached hydrogen (secondary N) is 3. The summed E-state index contributed by atoms with van der Waals surface area (Å²) in [6.07, 6.45) is 1.70. The van der Waals surface area contributed by atoms with E-state index < -0.39 is 35.9 Å². The number of aryl methyl sites for hydroxylation is 1. The van der Waals surface area contributed by atoms with Crippen molar-refractivity contribution in [2.24, 2.45) is 11.8 Å². The fourth-order valence-corrected chi connectivity index (χ4v) is 5.10. The van der Waals surface area contributed by atoms with Gasteiger partial charge in [-0.25, -0.2) is 0 Å². The highest BCUT2D eigenvalue weighted by atomic mass is 35.5. The predicted octanol–water partition coefficient (Wildman–Crippen LogP) is 2.65. The number of aliphatic hydroxyl groups excluding tert-OH is 1. The number of allylic oxidation sites excluding steroid dienone is 1. The van der Waals surface area contributed by atoms with Crippen molar-refractivity contribution in [1.82, 2.24) is 26.0 Å². The first kappa shape index (κ1) is 34.3. The van der Waals surface area contributed by atoms with Gasteiger partial charge in [0.25, 0.3) is 11.8 Å². The van der Waals surface area contributed by atoms with E-state index in [1.165, 1.54) is 13.0 Å². The van der Waals surface area contributed by atoms with Crippen molar-refractivity contribution in [2.75, 3.05) is 13.1 Å². The third-order valence-electron chi connectivity index (χ3n) is 7.27. The lowest BCUT2D eigenvalue weighted by Crippen LogP contribution is -2.57. The molecule has 1 aliphatic rings. The minimum Gasteiger partial charge on any atom is -0.391 e. The van der Waals surface area contributed by atoms with Gasteiger partial charge in [-0.3, -0.25) is 19.2 Å². The van der Waals surface area contributed by atoms with Gasteiger partial charge in [-0.1, -0.05) is 54.9 Å². The predicted molar refractivity (Wildman–Crippen MR) is 162 cm³/mol. The van der Waals surface area contributed by atoms with E-state index in [-0.39, 0.29) is 42.0 Å². The van der Waals surface area contributed by atoms with E-state index in [2.05, 4.69) is 21.1 Å². The maximum atomic E-state index is 13.4. The second kappa shape index (κ2) is 16.0. The molecule has 4 amide bonds. The minimum absolute atomic E-state index is 0.0354. The molecule has 1 aromatic heterocycles. The molecular formula is C31H39ClN6O6. The van der Waals surface area contributed by atoms with Crippen molar-refractivity contribution in [3.63, 3.8) is 0 Å². The molecule has 2 heterocycles. The van der Waals surface area contributed by atoms with Crippen LogP contribution in [0.3, 0.4) is 0 Å². The zero-order valence-electron chi connectivity index (χ0n) is 25.3. The molecule has 13 heteroatoms. The van der Waals surface area contributed by atoms with Crippen LogP contribution in [0.5, 0.6) is 0 Å². The van der Waals surface area contributed by atoms with Crippen molar-refractivity contribution >= 4 is 35.2 Å². The van der Waals surface area contributed by atoms with Gasteiger partial charge in [-0.2, -0.15) is 5.26 Å². The second-order valence-corrected chi connectivity index (χ2v) is 11.7. The number of amides is 4. The molecule has 44 heavy (non-hydrogen) atoms. The number of aromatic nitrogens is 1. The molecule has 236 valence electrons. The van der Waals surface area contributed by atoms with Gasteiger partial charge in [0, 0.05) is 30.7 Å². The fraction of sp³-hybridized carbons (Fsp3) is 0.484. The standard InChI is InChI=1S/C31H39ClN6O6/c1-18(2)13-23(16-33)31(43)38-11-9-21(10-12-38)15-25(28(40)34-17-22-7-5-6-8-24(22)32)35-30(42)27(20(4)39)36-29(41)26-14-19(3)37-44-26/h5-8,13-14,18,20-21,25,27,39H,9-12,15,17H2,1-4H3,(H,34,40)(H,35,42)(H,36,41)/b23-13+/t20-,25+,27+/m1/s1. The molecule has 4 N–H and O–H groups in total. The van der Waals surface area contributed by atoms with Crippen molar-refractivity contribution < 1.29 is 28.8 Å². The Kier molecular flexibility index (Phi) is 12.5. The smallest absolute Gasteiger partial charge is 0.290 e. The third kappa shape index (κ3) is 9.65. The number of likely N-dealkylation sites (tertiary alicyclic amines) is 1. The van der Waals surface area contributed by atoms with E-state index in [9.17, 15) is 29.5 Å². The molecule has 0 aliphatic carbocycles. The van der Waals surface area contributed by atoms with Crippen LogP contribution in [-0.2, 0) is 20.9 Å². The van der Waals surface area contributed by atoms with Gasteiger partial charge in [0.1, 0.15) is 23.7 Å². The fourth-order valence-electron chi connectivity index (χ4n) is 4.89. The van der Waals surface area contributed by atoms with E-state index in [1.807, 2.05) is 19.9 Å². The Hall–Kier alpha value is -4.21. The number of carbonyl (C=O) groups excluding carboxylic acids is 4. The van der Waals surface area contributed by atoms with E-state index in [1.54, 1.807) is 42.2 Å². The molecule has 0 unspecified atom stereocenters. The number of nitriles is 1. The van der Waals surface area contributed by atoms with Crippen LogP contribution in [0.25, 0.3) is 0 Å². The highest BCUT2D eigenvalue weighted by molar-refractivity contribution is 6.31. The molecule has 0 radical (unpaired) electrons. The highest BCUT2D eigenvalue weighted by Crippen LogP contribution is 2.24. The van der Waals surface area contributed by atoms with Gasteiger partial charge in [0.15, 0.2) is 0 Å². The van der Waals surface area contributed by atoms with Crippen LogP contribution in [0.15, 0.2) is 46.5 Å². The third-order valence-corrected chi connectivity index (χ3v) is 7.64. The number of hydrogen-bond donors (Lipinski definition) is 4. The van der Waals surface area contributed by atoms with E-state index >= 15 is 0 Å². The van der Waals surface area contributed by atoms with Crippen LogP contribution < -0.4 is 16.0 Å². The zero-order chi connectivity index (χ0) is 32.4. The Morgan fingerprint density at radius 2 is 1.84 bits per heavy atom. The summed E-state index contributed by atoms with van der Waals surface area (Å²) in [5, 5.41) is 31.9. The number of rotatable bonds is 12. The largest absolute Gasteiger partial charge is 0.391 e. The number of piperidine rings is 1. The molecule has 0 saturated carbocycles. The molecular weight excluding hydrogens is 588 g/mol. The Bertz CT molecular complexity index is 1410. The normalized spacial score (nSPS) is 16.0. The first-order chi connectivity index (χ1) is 20.9. The van der Waals surface area contributed by atoms with E-state index in [4.69, 9.17) is 16.1 Å². The van der Waals surface area contributed by atoms with E-state index in [0.29, 0.717) is 42.2 Å². The lowest BCUT2D eigenvalue weighted by atomic mass is 9.89. The van der Waals surface area contributed by atoms with Crippen molar-refractivity contribution in [3.8, 4) is 6.07 Å². The van der Waals surface area contributed by atoms with Crippen LogP contribution >= 0.6 is 11.6 Å². The van der Waals surface area contributed by atoms with Crippen LogP contribution in [0.1, 0.15) is 61.8 Å². The van der Waals surface area contributed by atoms with Crippen LogP contribution in [0, 0.1) is 30.1 Å². The van der Waals surface area contributed by atoms with Crippen LogP contribution in [0.4, 0.5) is 0 Å². The monoisotopic (exact) mass is 626 g/mol. The van der Waals surface area contributed by atoms with Crippen molar-refractivity contribution in [2.45, 2.75) is 71.7 Å². The molecule has 12 nitrogen and oxygen atoms in total. The van der Waals surface area contributed by atoms with Gasteiger partial charge in [-0.15, -0.1) is 0 Å². The van der Waals surface area contributed by atoms with Gasteiger partial charge in [0.05, 0.1) is 11.8 Å². The van der Waals surface area contributed by atoms with Gasteiger partial charge < -0.3 is 30.5 Å². The van der Waals surface area contributed by atoms with Crippen molar-refractivity contribution in [1.29, 1.82) is 5.26 Å². The zero-order valence-corrected chi connectivity index (χ0v) is 26.1. The summed E-state index contributed by atoms with van der Waals surface area (Å²) in [5.41, 5.74) is 1.27. The second-order valence-electron chi connectivity index (χ2n) is 11.3. The summed E-state index contributed by atoms with van der Waals surface area (Å²) < 4.78 is 4.96. The molecule has 0 spiro atoms. The number of hydrogen-bond acceptors (Lipinski definition) is 8. The van der Waals surface area contributed by atoms with Gasteiger partial charge >= 0.3 is 0 Å². The van der Waals surface area contributed by atoms with Gasteiger partial charge in [0.2, 0.25) is 17.6 Å². The summed E-state index contributed by atoms with van der Waals surface area (Å²) in [5.74, 6) is -2.40. The molecule has 1 saturated heterocycles. The average molecular weight is 627 g/mol.